The fraction of sp³-hybridized carbons (Fsp3) is 0.364. The minimum Gasteiger partial charge on any atom is -0.325 e. The summed E-state index contributed by atoms with van der Waals surface area (Å²) in [6, 6.07) is 5.78. The van der Waals surface area contributed by atoms with E-state index < -0.39 is 0 Å². The average molecular weight is 271 g/mol. The summed E-state index contributed by atoms with van der Waals surface area (Å²) in [5, 5.41) is 5.83. The van der Waals surface area contributed by atoms with Crippen LogP contribution in [0.25, 0.3) is 0 Å². The van der Waals surface area contributed by atoms with E-state index in [0.717, 1.165) is 22.3 Å². The molecular weight excluding hydrogens is 256 g/mol. The molecule has 0 aliphatic rings. The molecule has 0 unspecified atom stereocenters. The Bertz CT molecular complexity index is 352. The van der Waals surface area contributed by atoms with E-state index in [4.69, 9.17) is 0 Å². The average Bonchev–Trinajstić information content (AvgIpc) is 2.19. The molecule has 0 heterocycles. The number of aryl methyl sites for hydroxylation is 1. The van der Waals surface area contributed by atoms with Gasteiger partial charge in [-0.25, -0.2) is 0 Å². The third-order valence-electron chi connectivity index (χ3n) is 2.00. The molecule has 15 heavy (non-hydrogen) atoms. The lowest BCUT2D eigenvalue weighted by atomic mass is 10.2. The quantitative estimate of drug-likeness (QED) is 0.882. The first kappa shape index (κ1) is 12.2. The van der Waals surface area contributed by atoms with E-state index in [0.29, 0.717) is 6.54 Å². The number of halogens is 1. The summed E-state index contributed by atoms with van der Waals surface area (Å²) in [4.78, 5) is 11.4. The molecule has 0 aromatic heterocycles. The molecule has 0 saturated heterocycles. The highest BCUT2D eigenvalue weighted by Gasteiger charge is 2.03. The van der Waals surface area contributed by atoms with E-state index in [2.05, 4.69) is 26.6 Å². The van der Waals surface area contributed by atoms with Gasteiger partial charge in [-0.15, -0.1) is 0 Å². The van der Waals surface area contributed by atoms with Crippen molar-refractivity contribution in [1.82, 2.24) is 5.32 Å². The normalized spacial score (nSPS) is 10.1. The summed E-state index contributed by atoms with van der Waals surface area (Å²) < 4.78 is 1.02. The summed E-state index contributed by atoms with van der Waals surface area (Å²) >= 11 is 3.38. The first-order chi connectivity index (χ1) is 7.13. The summed E-state index contributed by atoms with van der Waals surface area (Å²) in [7, 11) is 0. The van der Waals surface area contributed by atoms with Gasteiger partial charge in [0.1, 0.15) is 0 Å². The number of hydrogen-bond donors (Lipinski definition) is 2. The van der Waals surface area contributed by atoms with Crippen molar-refractivity contribution in [3.63, 3.8) is 0 Å². The van der Waals surface area contributed by atoms with Crippen molar-refractivity contribution >= 4 is 27.5 Å². The number of carbonyl (C=O) groups excluding carboxylic acids is 1. The lowest BCUT2D eigenvalue weighted by Crippen LogP contribution is -2.27. The van der Waals surface area contributed by atoms with Crippen molar-refractivity contribution in [2.24, 2.45) is 0 Å². The van der Waals surface area contributed by atoms with Gasteiger partial charge in [-0.1, -0.05) is 22.9 Å². The van der Waals surface area contributed by atoms with Crippen LogP contribution < -0.4 is 10.6 Å². The number of rotatable bonds is 4. The van der Waals surface area contributed by atoms with Gasteiger partial charge in [0.15, 0.2) is 0 Å². The van der Waals surface area contributed by atoms with Gasteiger partial charge in [-0.05, 0) is 37.2 Å². The van der Waals surface area contributed by atoms with E-state index in [1.54, 1.807) is 0 Å². The maximum absolute atomic E-state index is 11.4. The van der Waals surface area contributed by atoms with E-state index in [9.17, 15) is 4.79 Å². The number of anilines is 1. The van der Waals surface area contributed by atoms with E-state index >= 15 is 0 Å². The lowest BCUT2D eigenvalue weighted by molar-refractivity contribution is -0.115. The predicted octanol–water partition coefficient (Wildman–Crippen LogP) is 2.31. The molecule has 0 aliphatic carbocycles. The minimum absolute atomic E-state index is 0.0118. The number of likely N-dealkylation sites (N-methyl/N-ethyl adjacent to an activating group) is 1. The number of hydrogen-bond acceptors (Lipinski definition) is 2. The Kier molecular flexibility index (Phi) is 4.78. The molecule has 0 saturated carbocycles. The molecule has 0 spiro atoms. The topological polar surface area (TPSA) is 41.1 Å². The predicted molar refractivity (Wildman–Crippen MR) is 66.1 cm³/mol. The van der Waals surface area contributed by atoms with Crippen molar-refractivity contribution in [2.45, 2.75) is 13.8 Å². The van der Waals surface area contributed by atoms with Gasteiger partial charge in [0, 0.05) is 10.2 Å². The molecule has 1 aromatic carbocycles. The Morgan fingerprint density at radius 3 is 2.80 bits per heavy atom. The van der Waals surface area contributed by atoms with Gasteiger partial charge >= 0.3 is 0 Å². The van der Waals surface area contributed by atoms with Crippen LogP contribution in [0.3, 0.4) is 0 Å². The lowest BCUT2D eigenvalue weighted by Gasteiger charge is -2.08. The highest BCUT2D eigenvalue weighted by molar-refractivity contribution is 9.10. The van der Waals surface area contributed by atoms with Gasteiger partial charge in [0.25, 0.3) is 0 Å². The molecule has 1 rings (SSSR count). The van der Waals surface area contributed by atoms with Gasteiger partial charge in [0.2, 0.25) is 5.91 Å². The first-order valence-corrected chi connectivity index (χ1v) is 5.69. The Balaban J connectivity index is 2.60. The molecule has 0 radical (unpaired) electrons. The van der Waals surface area contributed by atoms with Gasteiger partial charge < -0.3 is 10.6 Å². The number of benzene rings is 1. The molecule has 2 N–H and O–H groups in total. The van der Waals surface area contributed by atoms with Crippen LogP contribution in [0.5, 0.6) is 0 Å². The van der Waals surface area contributed by atoms with E-state index in [-0.39, 0.29) is 5.91 Å². The molecule has 0 bridgehead atoms. The summed E-state index contributed by atoms with van der Waals surface area (Å²) in [6.07, 6.45) is 0. The molecule has 4 heteroatoms. The van der Waals surface area contributed by atoms with Crippen LogP contribution in [0.2, 0.25) is 0 Å². The summed E-state index contributed by atoms with van der Waals surface area (Å²) in [5.74, 6) is -0.0118. The molecule has 3 nitrogen and oxygen atoms in total. The zero-order chi connectivity index (χ0) is 11.3. The molecule has 1 amide bonds. The van der Waals surface area contributed by atoms with Crippen LogP contribution in [0, 0.1) is 6.92 Å². The second-order valence-electron chi connectivity index (χ2n) is 3.29. The first-order valence-electron chi connectivity index (χ1n) is 4.90. The van der Waals surface area contributed by atoms with E-state index in [1.807, 2.05) is 32.0 Å². The summed E-state index contributed by atoms with van der Waals surface area (Å²) in [5.41, 5.74) is 1.91. The minimum atomic E-state index is -0.0118. The number of amides is 1. The zero-order valence-electron chi connectivity index (χ0n) is 8.93. The highest BCUT2D eigenvalue weighted by atomic mass is 79.9. The Hall–Kier alpha value is -0.870. The van der Waals surface area contributed by atoms with Crippen LogP contribution >= 0.6 is 15.9 Å². The van der Waals surface area contributed by atoms with E-state index in [1.165, 1.54) is 0 Å². The van der Waals surface area contributed by atoms with Crippen LogP contribution in [-0.2, 0) is 4.79 Å². The van der Waals surface area contributed by atoms with Crippen LogP contribution in [0.1, 0.15) is 12.5 Å². The SMILES string of the molecule is CCNCC(=O)Nc1ccc(Br)cc1C. The highest BCUT2D eigenvalue weighted by Crippen LogP contribution is 2.19. The molecule has 0 aliphatic heterocycles. The van der Waals surface area contributed by atoms with Crippen LogP contribution in [-0.4, -0.2) is 19.0 Å². The Labute approximate surface area is 98.4 Å². The van der Waals surface area contributed by atoms with Crippen molar-refractivity contribution in [3.05, 3.63) is 28.2 Å². The molecule has 0 atom stereocenters. The van der Waals surface area contributed by atoms with Gasteiger partial charge in [0.05, 0.1) is 6.54 Å². The van der Waals surface area contributed by atoms with Crippen LogP contribution in [0.15, 0.2) is 22.7 Å². The number of nitrogens with one attached hydrogen (secondary N) is 2. The maximum atomic E-state index is 11.4. The smallest absolute Gasteiger partial charge is 0.238 e. The second-order valence-corrected chi connectivity index (χ2v) is 4.20. The van der Waals surface area contributed by atoms with Crippen molar-refractivity contribution in [3.8, 4) is 0 Å². The fourth-order valence-corrected chi connectivity index (χ4v) is 1.68. The van der Waals surface area contributed by atoms with Crippen LogP contribution in [0.4, 0.5) is 5.69 Å². The Morgan fingerprint density at radius 1 is 1.47 bits per heavy atom. The zero-order valence-corrected chi connectivity index (χ0v) is 10.5. The third kappa shape index (κ3) is 4.01. The second kappa shape index (κ2) is 5.88. The third-order valence-corrected chi connectivity index (χ3v) is 2.49. The molecule has 0 fully saturated rings. The maximum Gasteiger partial charge on any atom is 0.238 e. The fourth-order valence-electron chi connectivity index (χ4n) is 1.20. The molecule has 82 valence electrons. The van der Waals surface area contributed by atoms with Crippen molar-refractivity contribution < 1.29 is 4.79 Å². The van der Waals surface area contributed by atoms with Crippen molar-refractivity contribution in [1.29, 1.82) is 0 Å². The van der Waals surface area contributed by atoms with Gasteiger partial charge in [-0.2, -0.15) is 0 Å². The largest absolute Gasteiger partial charge is 0.325 e. The van der Waals surface area contributed by atoms with Gasteiger partial charge in [-0.3, -0.25) is 4.79 Å². The standard InChI is InChI=1S/C11H15BrN2O/c1-3-13-7-11(15)14-10-5-4-9(12)6-8(10)2/h4-6,13H,3,7H2,1-2H3,(H,14,15). The summed E-state index contributed by atoms with van der Waals surface area (Å²) in [6.45, 7) is 5.09. The molecular formula is C11H15BrN2O. The number of carbonyl (C=O) groups is 1. The monoisotopic (exact) mass is 270 g/mol. The Morgan fingerprint density at radius 2 is 2.20 bits per heavy atom. The van der Waals surface area contributed by atoms with Crippen molar-refractivity contribution in [2.75, 3.05) is 18.4 Å². The molecule has 1 aromatic rings.